The lowest BCUT2D eigenvalue weighted by Gasteiger charge is -2.06. The van der Waals surface area contributed by atoms with E-state index in [2.05, 4.69) is 10.5 Å². The molecule has 0 spiro atoms. The molecule has 0 aromatic heterocycles. The van der Waals surface area contributed by atoms with Gasteiger partial charge in [0.25, 0.3) is 0 Å². The smallest absolute Gasteiger partial charge is 0.200 e. The lowest BCUT2D eigenvalue weighted by molar-refractivity contribution is 0.351. The Hall–Kier alpha value is -2.40. The molecule has 3 N–H and O–H groups in total. The summed E-state index contributed by atoms with van der Waals surface area (Å²) in [6.07, 6.45) is 1.48. The number of para-hydroxylation sites is 1. The van der Waals surface area contributed by atoms with Gasteiger partial charge in [0.15, 0.2) is 11.5 Å². The van der Waals surface area contributed by atoms with Crippen LogP contribution in [0.2, 0.25) is 5.02 Å². The first-order valence-corrected chi connectivity index (χ1v) is 6.13. The highest BCUT2D eigenvalue weighted by atomic mass is 35.5. The van der Waals surface area contributed by atoms with Crippen LogP contribution in [0, 0.1) is 0 Å². The second kappa shape index (κ2) is 6.16. The molecule has 0 aliphatic heterocycles. The zero-order valence-electron chi connectivity index (χ0n) is 10.7. The number of rotatable bonds is 4. The van der Waals surface area contributed by atoms with Crippen LogP contribution in [0.15, 0.2) is 41.5 Å². The molecule has 6 heteroatoms. The Morgan fingerprint density at radius 2 is 2.00 bits per heavy atom. The second-order valence-electron chi connectivity index (χ2n) is 3.94. The molecule has 0 bridgehead atoms. The number of aromatic hydroxyl groups is 2. The first kappa shape index (κ1) is 14.0. The molecule has 20 heavy (non-hydrogen) atoms. The van der Waals surface area contributed by atoms with Gasteiger partial charge in [-0.3, -0.25) is 5.43 Å². The van der Waals surface area contributed by atoms with Crippen LogP contribution in [0.4, 0.5) is 5.69 Å². The van der Waals surface area contributed by atoms with E-state index in [1.807, 2.05) is 12.1 Å². The molecule has 0 heterocycles. The van der Waals surface area contributed by atoms with E-state index in [0.29, 0.717) is 16.3 Å². The van der Waals surface area contributed by atoms with Gasteiger partial charge in [-0.25, -0.2) is 0 Å². The van der Waals surface area contributed by atoms with Crippen molar-refractivity contribution in [2.75, 3.05) is 12.5 Å². The summed E-state index contributed by atoms with van der Waals surface area (Å²) in [6.45, 7) is 0. The molecule has 0 amide bonds. The summed E-state index contributed by atoms with van der Waals surface area (Å²) in [4.78, 5) is 0. The largest absolute Gasteiger partial charge is 0.504 e. The highest BCUT2D eigenvalue weighted by molar-refractivity contribution is 6.33. The Morgan fingerprint density at radius 1 is 1.25 bits per heavy atom. The third kappa shape index (κ3) is 3.13. The highest BCUT2D eigenvalue weighted by Gasteiger charge is 2.08. The summed E-state index contributed by atoms with van der Waals surface area (Å²) in [6, 6.07) is 10.1. The number of phenols is 2. The van der Waals surface area contributed by atoms with Crippen LogP contribution in [0.3, 0.4) is 0 Å². The van der Waals surface area contributed by atoms with Crippen molar-refractivity contribution in [1.29, 1.82) is 0 Å². The van der Waals surface area contributed by atoms with Gasteiger partial charge in [-0.2, -0.15) is 5.10 Å². The van der Waals surface area contributed by atoms with Gasteiger partial charge in [0, 0.05) is 5.56 Å². The molecule has 0 saturated heterocycles. The summed E-state index contributed by atoms with van der Waals surface area (Å²) in [5.41, 5.74) is 4.02. The predicted octanol–water partition coefficient (Wildman–Crippen LogP) is 3.21. The number of methoxy groups -OCH3 is 1. The number of nitrogens with one attached hydrogen (secondary N) is 1. The lowest BCUT2D eigenvalue weighted by atomic mass is 10.2. The molecule has 0 radical (unpaired) electrons. The zero-order valence-corrected chi connectivity index (χ0v) is 11.4. The van der Waals surface area contributed by atoms with Crippen molar-refractivity contribution in [3.63, 3.8) is 0 Å². The number of anilines is 1. The Labute approximate surface area is 121 Å². The fourth-order valence-electron chi connectivity index (χ4n) is 1.57. The summed E-state index contributed by atoms with van der Waals surface area (Å²) in [7, 11) is 1.40. The molecule has 0 saturated carbocycles. The number of nitrogens with zero attached hydrogens (tertiary/aromatic N) is 1. The van der Waals surface area contributed by atoms with Crippen LogP contribution in [0.5, 0.6) is 17.2 Å². The topological polar surface area (TPSA) is 74.1 Å². The van der Waals surface area contributed by atoms with Crippen LogP contribution in [-0.2, 0) is 0 Å². The van der Waals surface area contributed by atoms with Gasteiger partial charge in [0.1, 0.15) is 0 Å². The number of benzene rings is 2. The number of halogens is 1. The summed E-state index contributed by atoms with van der Waals surface area (Å²) in [5, 5.41) is 23.6. The minimum Gasteiger partial charge on any atom is -0.504 e. The Bertz CT molecular complexity index is 644. The van der Waals surface area contributed by atoms with E-state index in [4.69, 9.17) is 16.3 Å². The first-order valence-electron chi connectivity index (χ1n) is 5.75. The van der Waals surface area contributed by atoms with Crippen LogP contribution in [0.25, 0.3) is 0 Å². The van der Waals surface area contributed by atoms with E-state index in [1.165, 1.54) is 19.4 Å². The number of ether oxygens (including phenoxy) is 1. The maximum atomic E-state index is 9.54. The van der Waals surface area contributed by atoms with Gasteiger partial charge in [-0.1, -0.05) is 23.7 Å². The molecular formula is C14H13ClN2O3. The Morgan fingerprint density at radius 3 is 2.70 bits per heavy atom. The van der Waals surface area contributed by atoms with Crippen molar-refractivity contribution < 1.29 is 14.9 Å². The van der Waals surface area contributed by atoms with Crippen molar-refractivity contribution in [1.82, 2.24) is 0 Å². The Balaban J connectivity index is 2.16. The number of hydrazone groups is 1. The molecule has 0 unspecified atom stereocenters. The molecule has 0 fully saturated rings. The normalized spacial score (nSPS) is 10.7. The van der Waals surface area contributed by atoms with Crippen LogP contribution in [-0.4, -0.2) is 23.5 Å². The average Bonchev–Trinajstić information content (AvgIpc) is 2.44. The zero-order chi connectivity index (χ0) is 14.5. The molecular weight excluding hydrogens is 280 g/mol. The lowest BCUT2D eigenvalue weighted by Crippen LogP contribution is -1.92. The van der Waals surface area contributed by atoms with Crippen molar-refractivity contribution in [3.05, 3.63) is 47.0 Å². The van der Waals surface area contributed by atoms with E-state index in [0.717, 1.165) is 0 Å². The van der Waals surface area contributed by atoms with E-state index in [-0.39, 0.29) is 17.2 Å². The van der Waals surface area contributed by atoms with E-state index in [9.17, 15) is 10.2 Å². The molecule has 5 nitrogen and oxygen atoms in total. The minimum absolute atomic E-state index is 0.171. The molecule has 0 atom stereocenters. The van der Waals surface area contributed by atoms with Gasteiger partial charge in [-0.15, -0.1) is 0 Å². The minimum atomic E-state index is -0.302. The summed E-state index contributed by atoms with van der Waals surface area (Å²) < 4.78 is 4.94. The van der Waals surface area contributed by atoms with Crippen LogP contribution < -0.4 is 10.2 Å². The van der Waals surface area contributed by atoms with Crippen LogP contribution >= 0.6 is 11.6 Å². The quantitative estimate of drug-likeness (QED) is 0.459. The SMILES string of the molecule is COc1cc(/C=N/Nc2ccccc2Cl)cc(O)c1O. The van der Waals surface area contributed by atoms with Crippen molar-refractivity contribution in [3.8, 4) is 17.2 Å². The maximum Gasteiger partial charge on any atom is 0.200 e. The fraction of sp³-hybridized carbons (Fsp3) is 0.0714. The monoisotopic (exact) mass is 292 g/mol. The van der Waals surface area contributed by atoms with Gasteiger partial charge in [0.05, 0.1) is 24.0 Å². The molecule has 0 aliphatic rings. The number of hydrogen-bond donors (Lipinski definition) is 3. The van der Waals surface area contributed by atoms with Gasteiger partial charge in [-0.05, 0) is 24.3 Å². The fourth-order valence-corrected chi connectivity index (χ4v) is 1.75. The highest BCUT2D eigenvalue weighted by Crippen LogP contribution is 2.35. The van der Waals surface area contributed by atoms with E-state index < -0.39 is 0 Å². The first-order chi connectivity index (χ1) is 9.61. The molecule has 2 aromatic rings. The predicted molar refractivity (Wildman–Crippen MR) is 79.0 cm³/mol. The number of phenolic OH excluding ortho intramolecular Hbond substituents is 2. The van der Waals surface area contributed by atoms with Gasteiger partial charge in [0.2, 0.25) is 5.75 Å². The molecule has 2 aromatic carbocycles. The standard InChI is InChI=1S/C14H13ClN2O3/c1-20-13-7-9(6-12(18)14(13)19)8-16-17-11-5-3-2-4-10(11)15/h2-8,17-19H,1H3/b16-8+. The molecule has 0 aliphatic carbocycles. The van der Waals surface area contributed by atoms with Crippen molar-refractivity contribution >= 4 is 23.5 Å². The Kier molecular flexibility index (Phi) is 4.32. The van der Waals surface area contributed by atoms with Gasteiger partial charge < -0.3 is 14.9 Å². The van der Waals surface area contributed by atoms with Crippen molar-refractivity contribution in [2.24, 2.45) is 5.10 Å². The van der Waals surface area contributed by atoms with E-state index >= 15 is 0 Å². The second-order valence-corrected chi connectivity index (χ2v) is 4.35. The summed E-state index contributed by atoms with van der Waals surface area (Å²) >= 11 is 5.97. The maximum absolute atomic E-state index is 9.54. The third-order valence-corrected chi connectivity index (χ3v) is 2.90. The molecule has 2 rings (SSSR count). The van der Waals surface area contributed by atoms with E-state index in [1.54, 1.807) is 18.2 Å². The third-order valence-electron chi connectivity index (χ3n) is 2.57. The average molecular weight is 293 g/mol. The van der Waals surface area contributed by atoms with Crippen LogP contribution in [0.1, 0.15) is 5.56 Å². The number of hydrogen-bond acceptors (Lipinski definition) is 5. The molecule has 104 valence electrons. The van der Waals surface area contributed by atoms with Gasteiger partial charge >= 0.3 is 0 Å². The van der Waals surface area contributed by atoms with Crippen molar-refractivity contribution in [2.45, 2.75) is 0 Å². The summed E-state index contributed by atoms with van der Waals surface area (Å²) in [5.74, 6) is -0.406.